The Bertz CT molecular complexity index is 595. The highest BCUT2D eigenvalue weighted by Gasteiger charge is 2.32. The minimum absolute atomic E-state index is 0.158. The molecule has 5 nitrogen and oxygen atoms in total. The second kappa shape index (κ2) is 7.04. The van der Waals surface area contributed by atoms with Crippen LogP contribution in [-0.2, 0) is 16.1 Å². The Morgan fingerprint density at radius 2 is 2.04 bits per heavy atom. The fraction of sp³-hybridized carbons (Fsp3) is 0.500. The van der Waals surface area contributed by atoms with Crippen molar-refractivity contribution in [2.75, 3.05) is 33.5 Å². The van der Waals surface area contributed by atoms with Crippen LogP contribution in [0.1, 0.15) is 25.3 Å². The molecular weight excluding hydrogens is 292 g/mol. The molecule has 0 bridgehead atoms. The standard InChI is InChI=1S/C18H24N2O3/c1-3-23-18(21)16-12-19(13-20-10-4-5-17(16)20)11-14-6-8-15(22-2)9-7-14/h6-9H,3-5,10-13H2,1-2H3. The topological polar surface area (TPSA) is 42.0 Å². The van der Waals surface area contributed by atoms with Gasteiger partial charge in [0.25, 0.3) is 0 Å². The highest BCUT2D eigenvalue weighted by atomic mass is 16.5. The third kappa shape index (κ3) is 3.50. The summed E-state index contributed by atoms with van der Waals surface area (Å²) >= 11 is 0. The molecule has 0 spiro atoms. The summed E-state index contributed by atoms with van der Waals surface area (Å²) in [7, 11) is 1.67. The van der Waals surface area contributed by atoms with E-state index >= 15 is 0 Å². The Morgan fingerprint density at radius 1 is 1.26 bits per heavy atom. The molecular formula is C18H24N2O3. The predicted molar refractivity (Wildman–Crippen MR) is 87.9 cm³/mol. The van der Waals surface area contributed by atoms with E-state index in [1.54, 1.807) is 7.11 Å². The molecule has 0 radical (unpaired) electrons. The number of carbonyl (C=O) groups is 1. The molecule has 23 heavy (non-hydrogen) atoms. The van der Waals surface area contributed by atoms with Gasteiger partial charge < -0.3 is 14.4 Å². The number of hydrogen-bond donors (Lipinski definition) is 0. The summed E-state index contributed by atoms with van der Waals surface area (Å²) in [5, 5.41) is 0. The molecule has 2 aliphatic rings. The molecule has 0 unspecified atom stereocenters. The highest BCUT2D eigenvalue weighted by Crippen LogP contribution is 2.30. The van der Waals surface area contributed by atoms with Crippen molar-refractivity contribution in [1.82, 2.24) is 9.80 Å². The van der Waals surface area contributed by atoms with Gasteiger partial charge in [0.15, 0.2) is 0 Å². The number of fused-ring (bicyclic) bond motifs is 1. The van der Waals surface area contributed by atoms with E-state index in [1.807, 2.05) is 19.1 Å². The van der Waals surface area contributed by atoms with Crippen LogP contribution in [-0.4, -0.2) is 49.2 Å². The number of rotatable bonds is 5. The summed E-state index contributed by atoms with van der Waals surface area (Å²) in [6, 6.07) is 8.10. The van der Waals surface area contributed by atoms with Gasteiger partial charge in [0, 0.05) is 25.3 Å². The lowest BCUT2D eigenvalue weighted by Gasteiger charge is -2.36. The number of carbonyl (C=O) groups excluding carboxylic acids is 1. The maximum atomic E-state index is 12.3. The van der Waals surface area contributed by atoms with Gasteiger partial charge in [-0.3, -0.25) is 4.90 Å². The molecule has 1 fully saturated rings. The van der Waals surface area contributed by atoms with Crippen LogP contribution in [0.2, 0.25) is 0 Å². The van der Waals surface area contributed by atoms with Gasteiger partial charge in [-0.05, 0) is 37.5 Å². The molecule has 0 aliphatic carbocycles. The van der Waals surface area contributed by atoms with E-state index in [1.165, 1.54) is 11.3 Å². The quantitative estimate of drug-likeness (QED) is 0.780. The average Bonchev–Trinajstić information content (AvgIpc) is 3.03. The van der Waals surface area contributed by atoms with E-state index in [9.17, 15) is 4.79 Å². The number of benzene rings is 1. The summed E-state index contributed by atoms with van der Waals surface area (Å²) < 4.78 is 10.5. The largest absolute Gasteiger partial charge is 0.497 e. The zero-order valence-electron chi connectivity index (χ0n) is 13.9. The van der Waals surface area contributed by atoms with Crippen LogP contribution in [0.15, 0.2) is 35.5 Å². The Balaban J connectivity index is 1.73. The Morgan fingerprint density at radius 3 is 2.74 bits per heavy atom. The predicted octanol–water partition coefficient (Wildman–Crippen LogP) is 2.38. The van der Waals surface area contributed by atoms with Crippen LogP contribution < -0.4 is 4.74 Å². The maximum absolute atomic E-state index is 12.3. The van der Waals surface area contributed by atoms with Crippen molar-refractivity contribution in [3.63, 3.8) is 0 Å². The van der Waals surface area contributed by atoms with Gasteiger partial charge in [-0.1, -0.05) is 12.1 Å². The van der Waals surface area contributed by atoms with E-state index in [0.29, 0.717) is 13.2 Å². The van der Waals surface area contributed by atoms with Gasteiger partial charge in [-0.25, -0.2) is 4.79 Å². The highest BCUT2D eigenvalue weighted by molar-refractivity contribution is 5.90. The van der Waals surface area contributed by atoms with Gasteiger partial charge in [0.1, 0.15) is 5.75 Å². The van der Waals surface area contributed by atoms with E-state index in [-0.39, 0.29) is 5.97 Å². The van der Waals surface area contributed by atoms with Crippen molar-refractivity contribution in [2.45, 2.75) is 26.3 Å². The molecule has 0 saturated carbocycles. The van der Waals surface area contributed by atoms with Crippen molar-refractivity contribution in [3.8, 4) is 5.75 Å². The molecule has 1 aromatic rings. The number of allylic oxidation sites excluding steroid dienone is 1. The van der Waals surface area contributed by atoms with Gasteiger partial charge in [-0.15, -0.1) is 0 Å². The summed E-state index contributed by atoms with van der Waals surface area (Å²) in [5.74, 6) is 0.704. The summed E-state index contributed by atoms with van der Waals surface area (Å²) in [6.07, 6.45) is 2.11. The Labute approximate surface area is 137 Å². The first kappa shape index (κ1) is 15.9. The molecule has 5 heteroatoms. The fourth-order valence-corrected chi connectivity index (χ4v) is 3.33. The van der Waals surface area contributed by atoms with Gasteiger partial charge in [0.2, 0.25) is 0 Å². The lowest BCUT2D eigenvalue weighted by Crippen LogP contribution is -2.43. The lowest BCUT2D eigenvalue weighted by molar-refractivity contribution is -0.139. The number of methoxy groups -OCH3 is 1. The first-order valence-electron chi connectivity index (χ1n) is 8.20. The number of hydrogen-bond acceptors (Lipinski definition) is 5. The van der Waals surface area contributed by atoms with Crippen molar-refractivity contribution in [3.05, 3.63) is 41.1 Å². The zero-order valence-corrected chi connectivity index (χ0v) is 13.9. The normalized spacial score (nSPS) is 18.1. The molecule has 1 saturated heterocycles. The van der Waals surface area contributed by atoms with Crippen LogP contribution in [0.4, 0.5) is 0 Å². The molecule has 0 amide bonds. The first-order valence-corrected chi connectivity index (χ1v) is 8.20. The smallest absolute Gasteiger partial charge is 0.337 e. The molecule has 1 aromatic carbocycles. The summed E-state index contributed by atoms with van der Waals surface area (Å²) in [5.41, 5.74) is 3.25. The van der Waals surface area contributed by atoms with Crippen LogP contribution in [0.5, 0.6) is 5.75 Å². The zero-order chi connectivity index (χ0) is 16.2. The molecule has 2 aliphatic heterocycles. The average molecular weight is 316 g/mol. The number of esters is 1. The Hall–Kier alpha value is -2.01. The molecule has 2 heterocycles. The minimum atomic E-state index is -0.158. The monoisotopic (exact) mass is 316 g/mol. The SMILES string of the molecule is CCOC(=O)C1=C2CCCN2CN(Cc2ccc(OC)cc2)C1. The number of ether oxygens (including phenoxy) is 2. The van der Waals surface area contributed by atoms with Gasteiger partial charge in [-0.2, -0.15) is 0 Å². The van der Waals surface area contributed by atoms with Crippen molar-refractivity contribution >= 4 is 5.97 Å². The van der Waals surface area contributed by atoms with Crippen molar-refractivity contribution in [2.24, 2.45) is 0 Å². The maximum Gasteiger partial charge on any atom is 0.337 e. The Kier molecular flexibility index (Phi) is 4.86. The van der Waals surface area contributed by atoms with Crippen molar-refractivity contribution < 1.29 is 14.3 Å². The third-order valence-electron chi connectivity index (χ3n) is 4.41. The van der Waals surface area contributed by atoms with Crippen molar-refractivity contribution in [1.29, 1.82) is 0 Å². The molecule has 0 aromatic heterocycles. The van der Waals surface area contributed by atoms with E-state index in [2.05, 4.69) is 21.9 Å². The van der Waals surface area contributed by atoms with Gasteiger partial charge in [0.05, 0.1) is 26.0 Å². The van der Waals surface area contributed by atoms with Gasteiger partial charge >= 0.3 is 5.97 Å². The van der Waals surface area contributed by atoms with Crippen LogP contribution in [0, 0.1) is 0 Å². The fourth-order valence-electron chi connectivity index (χ4n) is 3.33. The molecule has 124 valence electrons. The first-order chi connectivity index (χ1) is 11.2. The lowest BCUT2D eigenvalue weighted by atomic mass is 10.1. The third-order valence-corrected chi connectivity index (χ3v) is 4.41. The second-order valence-electron chi connectivity index (χ2n) is 5.99. The molecule has 3 rings (SSSR count). The second-order valence-corrected chi connectivity index (χ2v) is 5.99. The number of nitrogens with zero attached hydrogens (tertiary/aromatic N) is 2. The van der Waals surface area contributed by atoms with Crippen LogP contribution >= 0.6 is 0 Å². The van der Waals surface area contributed by atoms with Crippen LogP contribution in [0.25, 0.3) is 0 Å². The van der Waals surface area contributed by atoms with E-state index in [4.69, 9.17) is 9.47 Å². The molecule has 0 atom stereocenters. The van der Waals surface area contributed by atoms with E-state index < -0.39 is 0 Å². The molecule has 0 N–H and O–H groups in total. The van der Waals surface area contributed by atoms with Crippen LogP contribution in [0.3, 0.4) is 0 Å². The minimum Gasteiger partial charge on any atom is -0.497 e. The van der Waals surface area contributed by atoms with E-state index in [0.717, 1.165) is 43.9 Å². The summed E-state index contributed by atoms with van der Waals surface area (Å²) in [6.45, 7) is 5.66. The summed E-state index contributed by atoms with van der Waals surface area (Å²) in [4.78, 5) is 16.9.